The summed E-state index contributed by atoms with van der Waals surface area (Å²) in [4.78, 5) is 13.0. The summed E-state index contributed by atoms with van der Waals surface area (Å²) >= 11 is 0. The van der Waals surface area contributed by atoms with Gasteiger partial charge in [0.05, 0.1) is 17.7 Å². The highest BCUT2D eigenvalue weighted by molar-refractivity contribution is 7.92. The number of benzene rings is 4. The summed E-state index contributed by atoms with van der Waals surface area (Å²) in [5.41, 5.74) is 1.02. The van der Waals surface area contributed by atoms with Crippen molar-refractivity contribution in [1.29, 1.82) is 0 Å². The molecule has 0 aliphatic heterocycles. The minimum atomic E-state index is -3.89. The fraction of sp³-hybridized carbons (Fsp3) is 0.0417. The molecule has 0 spiro atoms. The van der Waals surface area contributed by atoms with Crippen molar-refractivity contribution in [1.82, 2.24) is 0 Å². The van der Waals surface area contributed by atoms with E-state index >= 15 is 0 Å². The molecule has 0 saturated carbocycles. The lowest BCUT2D eigenvalue weighted by atomic mass is 10.0. The topological polar surface area (TPSA) is 72.5 Å². The molecule has 5 nitrogen and oxygen atoms in total. The Hall–Kier alpha value is -3.64. The molecule has 0 fully saturated rings. The first-order valence-corrected chi connectivity index (χ1v) is 10.8. The second-order valence-electron chi connectivity index (χ2n) is 6.72. The number of carbonyl (C=O) groups is 1. The number of rotatable bonds is 6. The number of hydrogen-bond donors (Lipinski definition) is 1. The number of methoxy groups -OCH3 is 1. The molecule has 0 bridgehead atoms. The summed E-state index contributed by atoms with van der Waals surface area (Å²) in [5, 5.41) is 1.64. The van der Waals surface area contributed by atoms with E-state index < -0.39 is 10.0 Å². The van der Waals surface area contributed by atoms with Crippen molar-refractivity contribution >= 4 is 32.3 Å². The predicted octanol–water partition coefficient (Wildman–Crippen LogP) is 4.88. The number of carbonyl (C=O) groups excluding carboxylic acids is 1. The number of hydrogen-bond acceptors (Lipinski definition) is 4. The molecule has 30 heavy (non-hydrogen) atoms. The highest BCUT2D eigenvalue weighted by Gasteiger charge is 2.19. The number of ether oxygens (including phenoxy) is 1. The summed E-state index contributed by atoms with van der Waals surface area (Å²) in [6, 6.07) is 25.6. The van der Waals surface area contributed by atoms with Crippen LogP contribution >= 0.6 is 0 Å². The van der Waals surface area contributed by atoms with Gasteiger partial charge in [-0.3, -0.25) is 9.52 Å². The number of fused-ring (bicyclic) bond motifs is 1. The highest BCUT2D eigenvalue weighted by Crippen LogP contribution is 2.26. The summed E-state index contributed by atoms with van der Waals surface area (Å²) in [5.74, 6) is 0.448. The lowest BCUT2D eigenvalue weighted by molar-refractivity contribution is 0.103. The molecule has 4 rings (SSSR count). The van der Waals surface area contributed by atoms with Crippen molar-refractivity contribution in [2.45, 2.75) is 4.90 Å². The normalized spacial score (nSPS) is 11.2. The third-order valence-corrected chi connectivity index (χ3v) is 6.14. The van der Waals surface area contributed by atoms with Crippen LogP contribution < -0.4 is 9.46 Å². The van der Waals surface area contributed by atoms with Crippen molar-refractivity contribution in [3.63, 3.8) is 0 Å². The molecule has 0 amide bonds. The summed E-state index contributed by atoms with van der Waals surface area (Å²) in [6.45, 7) is 0. The Morgan fingerprint density at radius 2 is 1.47 bits per heavy atom. The SMILES string of the molecule is COc1ccc2cc(S(=O)(=O)Nc3ccccc3C(=O)c3ccccc3)ccc2c1. The lowest BCUT2D eigenvalue weighted by Gasteiger charge is -2.13. The second-order valence-corrected chi connectivity index (χ2v) is 8.40. The Morgan fingerprint density at radius 1 is 0.800 bits per heavy atom. The lowest BCUT2D eigenvalue weighted by Crippen LogP contribution is -2.16. The standard InChI is InChI=1S/C24H19NO4S/c1-29-20-13-11-19-16-21(14-12-18(19)15-20)30(27,28)25-23-10-6-5-9-22(23)24(26)17-7-3-2-4-8-17/h2-16,25H,1H3. The van der Waals surface area contributed by atoms with Crippen LogP contribution in [-0.2, 0) is 10.0 Å². The Bertz CT molecular complexity index is 1330. The molecule has 0 atom stereocenters. The van der Waals surface area contributed by atoms with Crippen molar-refractivity contribution < 1.29 is 17.9 Å². The van der Waals surface area contributed by atoms with Crippen LogP contribution in [0.3, 0.4) is 0 Å². The molecule has 0 aromatic heterocycles. The Labute approximate surface area is 175 Å². The molecule has 150 valence electrons. The minimum absolute atomic E-state index is 0.113. The quantitative estimate of drug-likeness (QED) is 0.454. The molecular weight excluding hydrogens is 398 g/mol. The van der Waals surface area contributed by atoms with E-state index in [1.807, 2.05) is 12.1 Å². The number of para-hydroxylation sites is 1. The third-order valence-electron chi connectivity index (χ3n) is 4.78. The highest BCUT2D eigenvalue weighted by atomic mass is 32.2. The van der Waals surface area contributed by atoms with Gasteiger partial charge < -0.3 is 4.74 Å². The molecule has 0 aliphatic carbocycles. The van der Waals surface area contributed by atoms with Crippen LogP contribution in [0.15, 0.2) is 95.9 Å². The van der Waals surface area contributed by atoms with Gasteiger partial charge in [-0.15, -0.1) is 0 Å². The van der Waals surface area contributed by atoms with Crippen LogP contribution in [0.25, 0.3) is 10.8 Å². The monoisotopic (exact) mass is 417 g/mol. The number of anilines is 1. The van der Waals surface area contributed by atoms with Crippen LogP contribution in [0.4, 0.5) is 5.69 Å². The molecule has 0 saturated heterocycles. The maximum absolute atomic E-state index is 13.0. The van der Waals surface area contributed by atoms with Gasteiger partial charge in [0.15, 0.2) is 5.78 Å². The first-order valence-electron chi connectivity index (χ1n) is 9.27. The van der Waals surface area contributed by atoms with Gasteiger partial charge in [-0.1, -0.05) is 54.6 Å². The van der Waals surface area contributed by atoms with Crippen LogP contribution in [0.1, 0.15) is 15.9 Å². The van der Waals surface area contributed by atoms with Crippen molar-refractivity contribution in [3.8, 4) is 5.75 Å². The van der Waals surface area contributed by atoms with E-state index in [4.69, 9.17) is 4.74 Å². The Kier molecular flexibility index (Phi) is 5.25. The Morgan fingerprint density at radius 3 is 2.23 bits per heavy atom. The zero-order chi connectivity index (χ0) is 21.1. The van der Waals surface area contributed by atoms with E-state index in [2.05, 4.69) is 4.72 Å². The van der Waals surface area contributed by atoms with Crippen LogP contribution in [0, 0.1) is 0 Å². The van der Waals surface area contributed by atoms with Crippen molar-refractivity contribution in [2.24, 2.45) is 0 Å². The van der Waals surface area contributed by atoms with Gasteiger partial charge in [0, 0.05) is 11.1 Å². The van der Waals surface area contributed by atoms with Crippen LogP contribution in [-0.4, -0.2) is 21.3 Å². The molecular formula is C24H19NO4S. The summed E-state index contributed by atoms with van der Waals surface area (Å²) in [7, 11) is -2.31. The van der Waals surface area contributed by atoms with E-state index in [0.29, 0.717) is 11.3 Å². The average molecular weight is 417 g/mol. The van der Waals surface area contributed by atoms with Gasteiger partial charge in [-0.05, 0) is 47.2 Å². The van der Waals surface area contributed by atoms with Gasteiger partial charge in [-0.2, -0.15) is 0 Å². The number of nitrogens with one attached hydrogen (secondary N) is 1. The van der Waals surface area contributed by atoms with Gasteiger partial charge >= 0.3 is 0 Å². The van der Waals surface area contributed by atoms with Crippen LogP contribution in [0.2, 0.25) is 0 Å². The third kappa shape index (κ3) is 3.90. The fourth-order valence-corrected chi connectivity index (χ4v) is 4.33. The van der Waals surface area contributed by atoms with Gasteiger partial charge in [0.2, 0.25) is 0 Å². The van der Waals surface area contributed by atoms with E-state index in [1.165, 1.54) is 6.07 Å². The van der Waals surface area contributed by atoms with E-state index in [9.17, 15) is 13.2 Å². The Balaban J connectivity index is 1.69. The second kappa shape index (κ2) is 8.00. The number of sulfonamides is 1. The molecule has 4 aromatic carbocycles. The van der Waals surface area contributed by atoms with Crippen LogP contribution in [0.5, 0.6) is 5.75 Å². The average Bonchev–Trinajstić information content (AvgIpc) is 2.78. The summed E-state index contributed by atoms with van der Waals surface area (Å²) < 4.78 is 33.8. The largest absolute Gasteiger partial charge is 0.497 e. The number of ketones is 1. The maximum Gasteiger partial charge on any atom is 0.261 e. The smallest absolute Gasteiger partial charge is 0.261 e. The fourth-order valence-electron chi connectivity index (χ4n) is 3.21. The zero-order valence-corrected chi connectivity index (χ0v) is 17.0. The first kappa shape index (κ1) is 19.7. The molecule has 0 aliphatic rings. The van der Waals surface area contributed by atoms with E-state index in [0.717, 1.165) is 10.8 Å². The molecule has 0 unspecified atom stereocenters. The molecule has 0 heterocycles. The van der Waals surface area contributed by atoms with Crippen molar-refractivity contribution in [2.75, 3.05) is 11.8 Å². The maximum atomic E-state index is 13.0. The molecule has 0 radical (unpaired) electrons. The molecule has 1 N–H and O–H groups in total. The first-order chi connectivity index (χ1) is 14.5. The molecule has 6 heteroatoms. The van der Waals surface area contributed by atoms with E-state index in [1.54, 1.807) is 79.9 Å². The predicted molar refractivity (Wildman–Crippen MR) is 118 cm³/mol. The van der Waals surface area contributed by atoms with E-state index in [-0.39, 0.29) is 21.9 Å². The van der Waals surface area contributed by atoms with Crippen molar-refractivity contribution in [3.05, 3.63) is 102 Å². The molecule has 4 aromatic rings. The van der Waals surface area contributed by atoms with Gasteiger partial charge in [0.25, 0.3) is 10.0 Å². The minimum Gasteiger partial charge on any atom is -0.497 e. The van der Waals surface area contributed by atoms with Gasteiger partial charge in [-0.25, -0.2) is 8.42 Å². The summed E-state index contributed by atoms with van der Waals surface area (Å²) in [6.07, 6.45) is 0. The zero-order valence-electron chi connectivity index (χ0n) is 16.2. The van der Waals surface area contributed by atoms with Gasteiger partial charge in [0.1, 0.15) is 5.75 Å².